The molecule has 6 nitrogen and oxygen atoms in total. The molecule has 1 atom stereocenters. The summed E-state index contributed by atoms with van der Waals surface area (Å²) in [5.74, 6) is 0.731. The molecule has 0 N–H and O–H groups in total. The summed E-state index contributed by atoms with van der Waals surface area (Å²) in [5.41, 5.74) is -0.260. The SMILES string of the molecule is O=c1c2ccccc2nc(C2CCCN2Cc2ncccn2)n1CC(F)(F)F. The fraction of sp³-hybridized carbons (Fsp3) is 0.368. The van der Waals surface area contributed by atoms with Gasteiger partial charge in [0.15, 0.2) is 0 Å². The summed E-state index contributed by atoms with van der Waals surface area (Å²) in [5, 5.41) is 0.187. The normalized spacial score (nSPS) is 18.0. The molecule has 0 saturated carbocycles. The van der Waals surface area contributed by atoms with E-state index >= 15 is 0 Å². The molecule has 1 fully saturated rings. The second-order valence-corrected chi connectivity index (χ2v) is 6.79. The van der Waals surface area contributed by atoms with Crippen molar-refractivity contribution in [1.29, 1.82) is 0 Å². The lowest BCUT2D eigenvalue weighted by Crippen LogP contribution is -2.35. The van der Waals surface area contributed by atoms with Gasteiger partial charge in [0, 0.05) is 12.4 Å². The Kier molecular flexibility index (Phi) is 4.84. The number of alkyl halides is 3. The van der Waals surface area contributed by atoms with Crippen LogP contribution in [0.1, 0.15) is 30.5 Å². The van der Waals surface area contributed by atoms with Gasteiger partial charge in [-0.05, 0) is 37.6 Å². The summed E-state index contributed by atoms with van der Waals surface area (Å²) in [6.07, 6.45) is 0.152. The molecule has 3 aromatic rings. The van der Waals surface area contributed by atoms with E-state index in [0.717, 1.165) is 11.0 Å². The fourth-order valence-corrected chi connectivity index (χ4v) is 3.67. The second-order valence-electron chi connectivity index (χ2n) is 6.79. The number of rotatable bonds is 4. The Bertz CT molecular complexity index is 1040. The minimum atomic E-state index is -4.52. The first-order valence-electron chi connectivity index (χ1n) is 8.98. The van der Waals surface area contributed by atoms with Gasteiger partial charge in [-0.1, -0.05) is 12.1 Å². The van der Waals surface area contributed by atoms with Crippen molar-refractivity contribution in [3.05, 3.63) is 64.7 Å². The van der Waals surface area contributed by atoms with Gasteiger partial charge >= 0.3 is 6.18 Å². The number of likely N-dealkylation sites (tertiary alicyclic amines) is 1. The Morgan fingerprint density at radius 1 is 1.11 bits per heavy atom. The summed E-state index contributed by atoms with van der Waals surface area (Å²) in [6, 6.07) is 7.80. The van der Waals surface area contributed by atoms with Gasteiger partial charge < -0.3 is 0 Å². The summed E-state index contributed by atoms with van der Waals surface area (Å²) < 4.78 is 40.4. The van der Waals surface area contributed by atoms with E-state index in [1.807, 2.05) is 4.90 Å². The van der Waals surface area contributed by atoms with Crippen LogP contribution >= 0.6 is 0 Å². The lowest BCUT2D eigenvalue weighted by Gasteiger charge is -2.26. The summed E-state index contributed by atoms with van der Waals surface area (Å²) in [6.45, 7) is -0.289. The van der Waals surface area contributed by atoms with Crippen molar-refractivity contribution in [2.24, 2.45) is 0 Å². The van der Waals surface area contributed by atoms with Gasteiger partial charge in [0.05, 0.1) is 23.5 Å². The highest BCUT2D eigenvalue weighted by atomic mass is 19.4. The molecule has 0 spiro atoms. The molecule has 146 valence electrons. The third-order valence-electron chi connectivity index (χ3n) is 4.85. The Balaban J connectivity index is 1.79. The number of nitrogens with zero attached hydrogens (tertiary/aromatic N) is 5. The quantitative estimate of drug-likeness (QED) is 0.686. The number of aromatic nitrogens is 4. The summed E-state index contributed by atoms with van der Waals surface area (Å²) in [7, 11) is 0. The molecule has 0 aliphatic carbocycles. The van der Waals surface area contributed by atoms with E-state index in [-0.39, 0.29) is 11.2 Å². The number of benzene rings is 1. The molecule has 1 saturated heterocycles. The lowest BCUT2D eigenvalue weighted by molar-refractivity contribution is -0.142. The Morgan fingerprint density at radius 2 is 1.86 bits per heavy atom. The largest absolute Gasteiger partial charge is 0.406 e. The van der Waals surface area contributed by atoms with Crippen LogP contribution in [0.15, 0.2) is 47.5 Å². The van der Waals surface area contributed by atoms with E-state index in [0.29, 0.717) is 30.9 Å². The first-order valence-corrected chi connectivity index (χ1v) is 8.98. The molecule has 0 bridgehead atoms. The minimum Gasteiger partial charge on any atom is -0.286 e. The van der Waals surface area contributed by atoms with Crippen molar-refractivity contribution >= 4 is 10.9 Å². The van der Waals surface area contributed by atoms with E-state index in [1.165, 1.54) is 6.07 Å². The molecule has 1 unspecified atom stereocenters. The van der Waals surface area contributed by atoms with Crippen LogP contribution in [-0.2, 0) is 13.1 Å². The molecular formula is C19H18F3N5O. The molecule has 3 heterocycles. The summed E-state index contributed by atoms with van der Waals surface area (Å²) in [4.78, 5) is 27.7. The van der Waals surface area contributed by atoms with Crippen LogP contribution in [-0.4, -0.2) is 37.1 Å². The van der Waals surface area contributed by atoms with Gasteiger partial charge in [0.25, 0.3) is 5.56 Å². The molecule has 2 aromatic heterocycles. The standard InChI is InChI=1S/C19H18F3N5O/c20-19(21,22)12-27-17(25-14-6-2-1-5-13(14)18(27)28)15-7-3-10-26(15)11-16-23-8-4-9-24-16/h1-2,4-6,8-9,15H,3,7,10-12H2. The number of hydrogen-bond donors (Lipinski definition) is 0. The van der Waals surface area contributed by atoms with Crippen molar-refractivity contribution in [3.8, 4) is 0 Å². The number of fused-ring (bicyclic) bond motifs is 1. The zero-order chi connectivity index (χ0) is 19.7. The van der Waals surface area contributed by atoms with Crippen molar-refractivity contribution in [3.63, 3.8) is 0 Å². The highest BCUT2D eigenvalue weighted by Crippen LogP contribution is 2.33. The van der Waals surface area contributed by atoms with Crippen LogP contribution in [0.2, 0.25) is 0 Å². The minimum absolute atomic E-state index is 0.148. The molecule has 1 aliphatic heterocycles. The van der Waals surface area contributed by atoms with Gasteiger partial charge in [-0.2, -0.15) is 13.2 Å². The van der Waals surface area contributed by atoms with Gasteiger partial charge in [-0.15, -0.1) is 0 Å². The van der Waals surface area contributed by atoms with Gasteiger partial charge in [-0.25, -0.2) is 15.0 Å². The van der Waals surface area contributed by atoms with Crippen molar-refractivity contribution in [2.75, 3.05) is 6.54 Å². The van der Waals surface area contributed by atoms with Gasteiger partial charge in [-0.3, -0.25) is 14.3 Å². The van der Waals surface area contributed by atoms with E-state index < -0.39 is 24.3 Å². The second kappa shape index (κ2) is 7.31. The third kappa shape index (κ3) is 3.75. The molecule has 1 aliphatic rings. The molecule has 1 aromatic carbocycles. The van der Waals surface area contributed by atoms with Crippen LogP contribution in [0.5, 0.6) is 0 Å². The average molecular weight is 389 g/mol. The van der Waals surface area contributed by atoms with E-state index in [4.69, 9.17) is 0 Å². The third-order valence-corrected chi connectivity index (χ3v) is 4.85. The number of para-hydroxylation sites is 1. The number of hydrogen-bond acceptors (Lipinski definition) is 5. The molecule has 9 heteroatoms. The topological polar surface area (TPSA) is 63.9 Å². The van der Waals surface area contributed by atoms with Crippen molar-refractivity contribution in [1.82, 2.24) is 24.4 Å². The van der Waals surface area contributed by atoms with Crippen molar-refractivity contribution < 1.29 is 13.2 Å². The zero-order valence-electron chi connectivity index (χ0n) is 14.9. The Hall–Kier alpha value is -2.81. The highest BCUT2D eigenvalue weighted by Gasteiger charge is 2.35. The monoisotopic (exact) mass is 389 g/mol. The van der Waals surface area contributed by atoms with Crippen LogP contribution in [0.3, 0.4) is 0 Å². The Morgan fingerprint density at radius 3 is 2.61 bits per heavy atom. The maximum absolute atomic E-state index is 13.2. The number of halogens is 3. The first kappa shape index (κ1) is 18.5. The molecule has 28 heavy (non-hydrogen) atoms. The fourth-order valence-electron chi connectivity index (χ4n) is 3.67. The lowest BCUT2D eigenvalue weighted by atomic mass is 10.1. The van der Waals surface area contributed by atoms with Crippen LogP contribution in [0.4, 0.5) is 13.2 Å². The molecule has 0 radical (unpaired) electrons. The first-order chi connectivity index (χ1) is 13.4. The smallest absolute Gasteiger partial charge is 0.286 e. The maximum Gasteiger partial charge on any atom is 0.406 e. The zero-order valence-corrected chi connectivity index (χ0v) is 14.9. The molecular weight excluding hydrogens is 371 g/mol. The maximum atomic E-state index is 13.2. The van der Waals surface area contributed by atoms with E-state index in [1.54, 1.807) is 36.7 Å². The molecule has 0 amide bonds. The van der Waals surface area contributed by atoms with Crippen molar-refractivity contribution in [2.45, 2.75) is 38.1 Å². The highest BCUT2D eigenvalue weighted by molar-refractivity contribution is 5.77. The Labute approximate surface area is 158 Å². The van der Waals surface area contributed by atoms with E-state index in [2.05, 4.69) is 15.0 Å². The predicted molar refractivity (Wildman–Crippen MR) is 96.5 cm³/mol. The van der Waals surface area contributed by atoms with Crippen LogP contribution in [0, 0.1) is 0 Å². The predicted octanol–water partition coefficient (Wildman–Crippen LogP) is 3.09. The average Bonchev–Trinajstić information content (AvgIpc) is 3.12. The van der Waals surface area contributed by atoms with Gasteiger partial charge in [0.1, 0.15) is 18.2 Å². The molecule has 4 rings (SSSR count). The van der Waals surface area contributed by atoms with Gasteiger partial charge in [0.2, 0.25) is 0 Å². The van der Waals surface area contributed by atoms with Crippen LogP contribution < -0.4 is 5.56 Å². The summed E-state index contributed by atoms with van der Waals surface area (Å²) >= 11 is 0. The van der Waals surface area contributed by atoms with E-state index in [9.17, 15) is 18.0 Å². The van der Waals surface area contributed by atoms with Crippen LogP contribution in [0.25, 0.3) is 10.9 Å².